The fourth-order valence-corrected chi connectivity index (χ4v) is 1.95. The molecule has 0 spiro atoms. The fourth-order valence-electron chi connectivity index (χ4n) is 1.95. The maximum atomic E-state index is 5.87. The summed E-state index contributed by atoms with van der Waals surface area (Å²) < 4.78 is 7.80. The van der Waals surface area contributed by atoms with Crippen LogP contribution in [0.1, 0.15) is 27.7 Å². The molecule has 6 nitrogen and oxygen atoms in total. The highest BCUT2D eigenvalue weighted by Crippen LogP contribution is 2.17. The van der Waals surface area contributed by atoms with E-state index in [0.717, 1.165) is 5.65 Å². The fraction of sp³-hybridized carbons (Fsp3) is 0.583. The number of nitrogen functional groups attached to an aromatic ring is 1. The molecule has 0 aliphatic carbocycles. The van der Waals surface area contributed by atoms with E-state index in [4.69, 9.17) is 10.5 Å². The minimum absolute atomic E-state index is 0.0681. The zero-order valence-electron chi connectivity index (χ0n) is 11.2. The third-order valence-electron chi connectivity index (χ3n) is 2.44. The van der Waals surface area contributed by atoms with Crippen molar-refractivity contribution in [3.63, 3.8) is 0 Å². The lowest BCUT2D eigenvalue weighted by molar-refractivity contribution is -0.0571. The Morgan fingerprint density at radius 3 is 2.72 bits per heavy atom. The molecule has 0 amide bonds. The van der Waals surface area contributed by atoms with Crippen LogP contribution in [0.4, 0.5) is 5.82 Å². The van der Waals surface area contributed by atoms with Crippen LogP contribution in [-0.2, 0) is 11.3 Å². The summed E-state index contributed by atoms with van der Waals surface area (Å²) in [5, 5.41) is 0. The van der Waals surface area contributed by atoms with Crippen LogP contribution in [-0.4, -0.2) is 31.2 Å². The maximum Gasteiger partial charge on any atom is 0.165 e. The predicted octanol–water partition coefficient (Wildman–Crippen LogP) is 1.61. The summed E-state index contributed by atoms with van der Waals surface area (Å²) in [6.07, 6.45) is 3.24. The number of imidazole rings is 1. The van der Waals surface area contributed by atoms with Crippen molar-refractivity contribution in [2.75, 3.05) is 5.73 Å². The Hall–Kier alpha value is -1.69. The van der Waals surface area contributed by atoms with Crippen molar-refractivity contribution >= 4 is 17.0 Å². The highest BCUT2D eigenvalue weighted by Gasteiger charge is 2.17. The first-order valence-electron chi connectivity index (χ1n) is 5.96. The molecule has 98 valence electrons. The number of fused-ring (bicyclic) bond motifs is 1. The minimum Gasteiger partial charge on any atom is -0.382 e. The van der Waals surface area contributed by atoms with E-state index in [1.807, 2.05) is 32.3 Å². The van der Waals surface area contributed by atoms with Gasteiger partial charge in [0.05, 0.1) is 24.6 Å². The molecule has 0 aromatic carbocycles. The van der Waals surface area contributed by atoms with E-state index >= 15 is 0 Å². The van der Waals surface area contributed by atoms with Crippen molar-refractivity contribution in [3.8, 4) is 0 Å². The van der Waals surface area contributed by atoms with Gasteiger partial charge in [-0.25, -0.2) is 15.0 Å². The molecule has 2 aromatic rings. The second kappa shape index (κ2) is 4.53. The van der Waals surface area contributed by atoms with Crippen LogP contribution >= 0.6 is 0 Å². The minimum atomic E-state index is -0.163. The standard InChI is InChI=1S/C12H19N5O/c1-8(18-12(2,3)4)5-17-7-16-9-10(13)14-6-15-11(9)17/h6-8H,5H2,1-4H3,(H2,13,14,15)/t8-/m1/s1. The third-order valence-corrected chi connectivity index (χ3v) is 2.44. The van der Waals surface area contributed by atoms with Crippen molar-refractivity contribution in [2.24, 2.45) is 0 Å². The molecule has 0 radical (unpaired) electrons. The maximum absolute atomic E-state index is 5.87. The number of nitrogens with zero attached hydrogens (tertiary/aromatic N) is 4. The van der Waals surface area contributed by atoms with Crippen molar-refractivity contribution in [2.45, 2.75) is 45.9 Å². The van der Waals surface area contributed by atoms with Crippen molar-refractivity contribution < 1.29 is 4.74 Å². The second-order valence-corrected chi connectivity index (χ2v) is 5.37. The molecular formula is C12H19N5O. The van der Waals surface area contributed by atoms with Crippen LogP contribution in [0.3, 0.4) is 0 Å². The Morgan fingerprint density at radius 2 is 2.06 bits per heavy atom. The first-order valence-corrected chi connectivity index (χ1v) is 5.96. The SMILES string of the molecule is C[C@H](Cn1cnc2c(N)ncnc21)OC(C)(C)C. The van der Waals surface area contributed by atoms with Gasteiger partial charge >= 0.3 is 0 Å². The highest BCUT2D eigenvalue weighted by molar-refractivity contribution is 5.81. The second-order valence-electron chi connectivity index (χ2n) is 5.37. The average molecular weight is 249 g/mol. The first kappa shape index (κ1) is 12.8. The highest BCUT2D eigenvalue weighted by atomic mass is 16.5. The van der Waals surface area contributed by atoms with Crippen LogP contribution in [0.15, 0.2) is 12.7 Å². The lowest BCUT2D eigenvalue weighted by Gasteiger charge is -2.25. The Labute approximate surface area is 106 Å². The summed E-state index contributed by atoms with van der Waals surface area (Å²) >= 11 is 0. The molecule has 6 heteroatoms. The molecule has 2 aromatic heterocycles. The number of hydrogen-bond donors (Lipinski definition) is 1. The van der Waals surface area contributed by atoms with Crippen molar-refractivity contribution in [1.82, 2.24) is 19.5 Å². The molecule has 0 bridgehead atoms. The van der Waals surface area contributed by atoms with E-state index in [-0.39, 0.29) is 11.7 Å². The monoisotopic (exact) mass is 249 g/mol. The molecule has 0 fully saturated rings. The van der Waals surface area contributed by atoms with Gasteiger partial charge < -0.3 is 15.0 Å². The zero-order chi connectivity index (χ0) is 13.3. The number of anilines is 1. The molecule has 0 aliphatic rings. The quantitative estimate of drug-likeness (QED) is 0.894. The van der Waals surface area contributed by atoms with E-state index in [9.17, 15) is 0 Å². The lowest BCUT2D eigenvalue weighted by atomic mass is 10.2. The van der Waals surface area contributed by atoms with Gasteiger partial charge in [0.1, 0.15) is 11.8 Å². The van der Waals surface area contributed by atoms with Crippen LogP contribution in [0.2, 0.25) is 0 Å². The molecule has 0 aliphatic heterocycles. The number of aromatic nitrogens is 4. The molecule has 2 N–H and O–H groups in total. The Morgan fingerprint density at radius 1 is 1.33 bits per heavy atom. The van der Waals surface area contributed by atoms with Gasteiger partial charge in [0.2, 0.25) is 0 Å². The van der Waals surface area contributed by atoms with Gasteiger partial charge in [-0.1, -0.05) is 0 Å². The van der Waals surface area contributed by atoms with Gasteiger partial charge in [0, 0.05) is 0 Å². The molecule has 0 unspecified atom stereocenters. The molecule has 0 saturated heterocycles. The van der Waals surface area contributed by atoms with Gasteiger partial charge in [0.25, 0.3) is 0 Å². The average Bonchev–Trinajstić information content (AvgIpc) is 2.60. The lowest BCUT2D eigenvalue weighted by Crippen LogP contribution is -2.28. The smallest absolute Gasteiger partial charge is 0.165 e. The first-order chi connectivity index (χ1) is 8.37. The van der Waals surface area contributed by atoms with Gasteiger partial charge in [-0.15, -0.1) is 0 Å². The Kier molecular flexibility index (Phi) is 3.21. The molecule has 2 rings (SSSR count). The summed E-state index contributed by atoms with van der Waals surface area (Å²) in [6.45, 7) is 8.83. The topological polar surface area (TPSA) is 78.9 Å². The number of ether oxygens (including phenoxy) is 1. The summed E-state index contributed by atoms with van der Waals surface area (Å²) in [5.74, 6) is 0.406. The summed E-state index contributed by atoms with van der Waals surface area (Å²) in [5.41, 5.74) is 6.96. The summed E-state index contributed by atoms with van der Waals surface area (Å²) in [7, 11) is 0. The Bertz CT molecular complexity index is 543. The number of nitrogens with two attached hydrogens (primary N) is 1. The molecule has 0 saturated carbocycles. The molecule has 2 heterocycles. The van der Waals surface area contributed by atoms with Crippen LogP contribution in [0, 0.1) is 0 Å². The van der Waals surface area contributed by atoms with Gasteiger partial charge in [-0.05, 0) is 27.7 Å². The van der Waals surface area contributed by atoms with E-state index in [1.165, 1.54) is 6.33 Å². The van der Waals surface area contributed by atoms with E-state index in [1.54, 1.807) is 6.33 Å². The third kappa shape index (κ3) is 2.76. The van der Waals surface area contributed by atoms with Crippen LogP contribution < -0.4 is 5.73 Å². The normalized spacial score (nSPS) is 14.0. The van der Waals surface area contributed by atoms with Gasteiger partial charge in [-0.2, -0.15) is 0 Å². The zero-order valence-corrected chi connectivity index (χ0v) is 11.2. The van der Waals surface area contributed by atoms with Crippen LogP contribution in [0.5, 0.6) is 0 Å². The van der Waals surface area contributed by atoms with E-state index in [2.05, 4.69) is 15.0 Å². The Balaban J connectivity index is 2.20. The largest absolute Gasteiger partial charge is 0.382 e. The van der Waals surface area contributed by atoms with Crippen molar-refractivity contribution in [1.29, 1.82) is 0 Å². The predicted molar refractivity (Wildman–Crippen MR) is 70.0 cm³/mol. The molecule has 1 atom stereocenters. The molecule has 18 heavy (non-hydrogen) atoms. The summed E-state index contributed by atoms with van der Waals surface area (Å²) in [4.78, 5) is 12.3. The van der Waals surface area contributed by atoms with E-state index < -0.39 is 0 Å². The van der Waals surface area contributed by atoms with Gasteiger partial charge in [0.15, 0.2) is 11.5 Å². The van der Waals surface area contributed by atoms with Gasteiger partial charge in [-0.3, -0.25) is 0 Å². The number of rotatable bonds is 3. The number of hydrogen-bond acceptors (Lipinski definition) is 5. The van der Waals surface area contributed by atoms with Crippen molar-refractivity contribution in [3.05, 3.63) is 12.7 Å². The molecular weight excluding hydrogens is 230 g/mol. The summed E-state index contributed by atoms with van der Waals surface area (Å²) in [6, 6.07) is 0. The van der Waals surface area contributed by atoms with Crippen LogP contribution in [0.25, 0.3) is 11.2 Å². The van der Waals surface area contributed by atoms with E-state index in [0.29, 0.717) is 17.9 Å².